The molecule has 0 bridgehead atoms. The summed E-state index contributed by atoms with van der Waals surface area (Å²) in [5, 5.41) is 8.66. The Bertz CT molecular complexity index is 582. The Kier molecular flexibility index (Phi) is 5.87. The van der Waals surface area contributed by atoms with Gasteiger partial charge in [-0.3, -0.25) is 4.72 Å². The molecule has 5 heteroatoms. The number of aliphatic hydroxyl groups excluding tert-OH is 1. The van der Waals surface area contributed by atoms with E-state index < -0.39 is 10.0 Å². The van der Waals surface area contributed by atoms with Gasteiger partial charge in [-0.2, -0.15) is 0 Å². The van der Waals surface area contributed by atoms with Crippen molar-refractivity contribution in [1.29, 1.82) is 0 Å². The van der Waals surface area contributed by atoms with Crippen LogP contribution < -0.4 is 4.72 Å². The molecule has 0 unspecified atom stereocenters. The average molecular weight is 281 g/mol. The van der Waals surface area contributed by atoms with Gasteiger partial charge in [-0.15, -0.1) is 0 Å². The number of aryl methyl sites for hydroxylation is 1. The molecule has 0 spiro atoms. The Balaban J connectivity index is 2.86. The molecule has 0 radical (unpaired) electrons. The van der Waals surface area contributed by atoms with Crippen molar-refractivity contribution in [2.24, 2.45) is 0 Å². The molecule has 0 aromatic heterocycles. The van der Waals surface area contributed by atoms with Gasteiger partial charge in [0.1, 0.15) is 0 Å². The van der Waals surface area contributed by atoms with Gasteiger partial charge in [-0.25, -0.2) is 8.42 Å². The third kappa shape index (κ3) is 5.33. The van der Waals surface area contributed by atoms with E-state index in [9.17, 15) is 8.42 Å². The molecule has 0 aliphatic heterocycles. The van der Waals surface area contributed by atoms with E-state index in [2.05, 4.69) is 16.6 Å². The Morgan fingerprint density at radius 2 is 2.11 bits per heavy atom. The topological polar surface area (TPSA) is 66.4 Å². The first kappa shape index (κ1) is 15.5. The lowest BCUT2D eigenvalue weighted by atomic mass is 10.1. The quantitative estimate of drug-likeness (QED) is 0.810. The summed E-state index contributed by atoms with van der Waals surface area (Å²) in [5.41, 5.74) is 2.30. The van der Waals surface area contributed by atoms with Crippen molar-refractivity contribution in [3.63, 3.8) is 0 Å². The van der Waals surface area contributed by atoms with Crippen LogP contribution in [0, 0.1) is 18.8 Å². The molecule has 0 amide bonds. The summed E-state index contributed by atoms with van der Waals surface area (Å²) in [6.07, 6.45) is 1.02. The predicted octanol–water partition coefficient (Wildman–Crippen LogP) is 1.88. The minimum atomic E-state index is -3.25. The average Bonchev–Trinajstić information content (AvgIpc) is 2.31. The lowest BCUT2D eigenvalue weighted by Crippen LogP contribution is -2.16. The number of hydrogen-bond donors (Lipinski definition) is 2. The molecule has 0 aliphatic carbocycles. The Hall–Kier alpha value is -1.51. The van der Waals surface area contributed by atoms with Crippen molar-refractivity contribution in [2.75, 3.05) is 17.1 Å². The Morgan fingerprint density at radius 1 is 1.37 bits per heavy atom. The van der Waals surface area contributed by atoms with Crippen LogP contribution in [0.15, 0.2) is 18.2 Å². The zero-order chi connectivity index (χ0) is 14.3. The van der Waals surface area contributed by atoms with Crippen molar-refractivity contribution >= 4 is 15.7 Å². The highest BCUT2D eigenvalue weighted by molar-refractivity contribution is 7.92. The summed E-state index contributed by atoms with van der Waals surface area (Å²) in [6.45, 7) is 3.74. The second-order valence-corrected chi connectivity index (χ2v) is 6.07. The number of sulfonamides is 1. The van der Waals surface area contributed by atoms with Crippen LogP contribution in [0.5, 0.6) is 0 Å². The fraction of sp³-hybridized carbons (Fsp3) is 0.429. The van der Waals surface area contributed by atoms with Gasteiger partial charge in [0.2, 0.25) is 10.0 Å². The summed E-state index contributed by atoms with van der Waals surface area (Å²) in [7, 11) is -3.25. The van der Waals surface area contributed by atoms with Gasteiger partial charge in [-0.1, -0.05) is 18.8 Å². The van der Waals surface area contributed by atoms with Crippen LogP contribution in [-0.4, -0.2) is 25.9 Å². The van der Waals surface area contributed by atoms with Gasteiger partial charge in [-0.05, 0) is 37.1 Å². The van der Waals surface area contributed by atoms with E-state index in [0.717, 1.165) is 11.1 Å². The normalized spacial score (nSPS) is 10.7. The smallest absolute Gasteiger partial charge is 0.232 e. The number of hydrogen-bond acceptors (Lipinski definition) is 3. The van der Waals surface area contributed by atoms with Crippen molar-refractivity contribution in [3.8, 4) is 11.8 Å². The lowest BCUT2D eigenvalue weighted by Gasteiger charge is -2.08. The van der Waals surface area contributed by atoms with Gasteiger partial charge in [0.25, 0.3) is 0 Å². The number of anilines is 1. The number of nitrogens with one attached hydrogen (secondary N) is 1. The highest BCUT2D eigenvalue weighted by Crippen LogP contribution is 2.16. The highest BCUT2D eigenvalue weighted by atomic mass is 32.2. The van der Waals surface area contributed by atoms with Crippen molar-refractivity contribution < 1.29 is 13.5 Å². The Labute approximate surface area is 114 Å². The van der Waals surface area contributed by atoms with Gasteiger partial charge in [0, 0.05) is 17.7 Å². The van der Waals surface area contributed by atoms with Crippen LogP contribution >= 0.6 is 0 Å². The summed E-state index contributed by atoms with van der Waals surface area (Å²) in [6, 6.07) is 5.24. The molecule has 0 saturated heterocycles. The van der Waals surface area contributed by atoms with E-state index in [4.69, 9.17) is 5.11 Å². The molecule has 0 saturated carbocycles. The molecule has 0 heterocycles. The van der Waals surface area contributed by atoms with Crippen LogP contribution in [0.3, 0.4) is 0 Å². The third-order valence-electron chi connectivity index (χ3n) is 2.43. The summed E-state index contributed by atoms with van der Waals surface area (Å²) >= 11 is 0. The predicted molar refractivity (Wildman–Crippen MR) is 77.5 cm³/mol. The van der Waals surface area contributed by atoms with E-state index in [1.807, 2.05) is 13.8 Å². The maximum absolute atomic E-state index is 11.6. The SMILES string of the molecule is CCCS(=O)(=O)Nc1ccc(C#CCCO)c(C)c1. The minimum Gasteiger partial charge on any atom is -0.395 e. The number of rotatable bonds is 5. The summed E-state index contributed by atoms with van der Waals surface area (Å²) in [4.78, 5) is 0. The molecule has 1 aromatic rings. The largest absolute Gasteiger partial charge is 0.395 e. The summed E-state index contributed by atoms with van der Waals surface area (Å²) in [5.74, 6) is 5.90. The molecule has 0 atom stereocenters. The van der Waals surface area contributed by atoms with Gasteiger partial charge >= 0.3 is 0 Å². The van der Waals surface area contributed by atoms with E-state index in [1.165, 1.54) is 0 Å². The lowest BCUT2D eigenvalue weighted by molar-refractivity contribution is 0.305. The van der Waals surface area contributed by atoms with Gasteiger partial charge < -0.3 is 5.11 Å². The molecule has 1 rings (SSSR count). The maximum Gasteiger partial charge on any atom is 0.232 e. The Morgan fingerprint density at radius 3 is 2.68 bits per heavy atom. The highest BCUT2D eigenvalue weighted by Gasteiger charge is 2.09. The molecule has 1 aromatic carbocycles. The molecular weight excluding hydrogens is 262 g/mol. The second-order valence-electron chi connectivity index (χ2n) is 4.23. The molecule has 2 N–H and O–H groups in total. The van der Waals surface area contributed by atoms with Crippen LogP contribution in [0.4, 0.5) is 5.69 Å². The van der Waals surface area contributed by atoms with Gasteiger partial charge in [0.05, 0.1) is 12.4 Å². The zero-order valence-corrected chi connectivity index (χ0v) is 12.0. The third-order valence-corrected chi connectivity index (χ3v) is 3.92. The first-order chi connectivity index (χ1) is 8.98. The zero-order valence-electron chi connectivity index (χ0n) is 11.2. The molecule has 0 fully saturated rings. The number of benzene rings is 1. The van der Waals surface area contributed by atoms with E-state index in [0.29, 0.717) is 18.5 Å². The van der Waals surface area contributed by atoms with Gasteiger partial charge in [0.15, 0.2) is 0 Å². The fourth-order valence-corrected chi connectivity index (χ4v) is 2.71. The second kappa shape index (κ2) is 7.17. The van der Waals surface area contributed by atoms with Crippen molar-refractivity contribution in [1.82, 2.24) is 0 Å². The van der Waals surface area contributed by atoms with Crippen molar-refractivity contribution in [3.05, 3.63) is 29.3 Å². The van der Waals surface area contributed by atoms with E-state index in [1.54, 1.807) is 18.2 Å². The van der Waals surface area contributed by atoms with E-state index >= 15 is 0 Å². The first-order valence-electron chi connectivity index (χ1n) is 6.19. The monoisotopic (exact) mass is 281 g/mol. The fourth-order valence-electron chi connectivity index (χ4n) is 1.58. The molecule has 19 heavy (non-hydrogen) atoms. The maximum atomic E-state index is 11.6. The van der Waals surface area contributed by atoms with Crippen molar-refractivity contribution in [2.45, 2.75) is 26.7 Å². The van der Waals surface area contributed by atoms with Crippen LogP contribution in [0.2, 0.25) is 0 Å². The van der Waals surface area contributed by atoms with Crippen LogP contribution in [0.1, 0.15) is 30.9 Å². The summed E-state index contributed by atoms with van der Waals surface area (Å²) < 4.78 is 25.8. The van der Waals surface area contributed by atoms with E-state index in [-0.39, 0.29) is 12.4 Å². The first-order valence-corrected chi connectivity index (χ1v) is 7.84. The molecule has 104 valence electrons. The van der Waals surface area contributed by atoms with Crippen LogP contribution in [0.25, 0.3) is 0 Å². The molecule has 0 aliphatic rings. The molecular formula is C14H19NO3S. The number of aliphatic hydroxyl groups is 1. The minimum absolute atomic E-state index is 0.0426. The molecule has 4 nitrogen and oxygen atoms in total. The standard InChI is InChI=1S/C14H19NO3S/c1-3-10-19(17,18)15-14-8-7-13(12(2)11-14)6-4-5-9-16/h7-8,11,15-16H,3,5,9-10H2,1-2H3. The van der Waals surface area contributed by atoms with Crippen LogP contribution in [-0.2, 0) is 10.0 Å².